The molecule has 2 N–H and O–H groups in total. The Bertz CT molecular complexity index is 616. The van der Waals surface area contributed by atoms with Gasteiger partial charge in [-0.2, -0.15) is 0 Å². The fraction of sp³-hybridized carbons (Fsp3) is 0.308. The molecule has 1 aromatic carbocycles. The minimum absolute atomic E-state index is 0.180. The molecule has 0 spiro atoms. The highest BCUT2D eigenvalue weighted by Crippen LogP contribution is 2.20. The zero-order valence-corrected chi connectivity index (χ0v) is 11.8. The summed E-state index contributed by atoms with van der Waals surface area (Å²) in [5, 5.41) is 5.41. The molecule has 0 aliphatic carbocycles. The molecule has 2 rings (SSSR count). The van der Waals surface area contributed by atoms with E-state index in [-0.39, 0.29) is 17.3 Å². The lowest BCUT2D eigenvalue weighted by Crippen LogP contribution is -2.09. The van der Waals surface area contributed by atoms with Crippen LogP contribution in [-0.4, -0.2) is 10.2 Å². The second kappa shape index (κ2) is 5.10. The normalized spacial score (nSPS) is 11.2. The number of H-pyrrole nitrogens is 2. The Kier molecular flexibility index (Phi) is 3.71. The number of aromatic amines is 2. The van der Waals surface area contributed by atoms with E-state index in [2.05, 4.69) is 26.1 Å². The van der Waals surface area contributed by atoms with Crippen LogP contribution in [-0.2, 0) is 6.42 Å². The van der Waals surface area contributed by atoms with Crippen molar-refractivity contribution in [2.75, 3.05) is 0 Å². The van der Waals surface area contributed by atoms with E-state index in [9.17, 15) is 9.18 Å². The third-order valence-electron chi connectivity index (χ3n) is 2.87. The van der Waals surface area contributed by atoms with Gasteiger partial charge in [0, 0.05) is 22.2 Å². The minimum Gasteiger partial charge on any atom is -0.302 e. The van der Waals surface area contributed by atoms with Crippen LogP contribution >= 0.6 is 15.9 Å². The van der Waals surface area contributed by atoms with Gasteiger partial charge in [0.2, 0.25) is 0 Å². The highest BCUT2D eigenvalue weighted by Gasteiger charge is 2.15. The smallest absolute Gasteiger partial charge is 0.267 e. The summed E-state index contributed by atoms with van der Waals surface area (Å²) in [4.78, 5) is 11.7. The van der Waals surface area contributed by atoms with Crippen molar-refractivity contribution in [3.63, 3.8) is 0 Å². The lowest BCUT2D eigenvalue weighted by molar-refractivity contribution is 0.612. The zero-order chi connectivity index (χ0) is 13.3. The molecule has 0 aliphatic rings. The van der Waals surface area contributed by atoms with Crippen molar-refractivity contribution in [2.24, 2.45) is 0 Å². The average Bonchev–Trinajstić information content (AvgIpc) is 2.64. The van der Waals surface area contributed by atoms with Crippen LogP contribution in [0, 0.1) is 5.82 Å². The number of aromatic nitrogens is 2. The summed E-state index contributed by atoms with van der Waals surface area (Å²) in [5.74, 6) is -0.114. The molecule has 0 atom stereocenters. The van der Waals surface area contributed by atoms with Crippen molar-refractivity contribution < 1.29 is 4.39 Å². The molecule has 0 fully saturated rings. The van der Waals surface area contributed by atoms with Crippen molar-refractivity contribution in [2.45, 2.75) is 26.2 Å². The number of benzene rings is 1. The van der Waals surface area contributed by atoms with Crippen LogP contribution in [0.5, 0.6) is 0 Å². The van der Waals surface area contributed by atoms with Gasteiger partial charge in [-0.1, -0.05) is 35.8 Å². The molecule has 2 aromatic rings. The van der Waals surface area contributed by atoms with Gasteiger partial charge < -0.3 is 5.10 Å². The second-order valence-corrected chi connectivity index (χ2v) is 5.45. The number of hydrogen-bond acceptors (Lipinski definition) is 1. The van der Waals surface area contributed by atoms with Crippen molar-refractivity contribution in [3.8, 4) is 0 Å². The lowest BCUT2D eigenvalue weighted by Gasteiger charge is -2.06. The molecule has 0 unspecified atom stereocenters. The first kappa shape index (κ1) is 13.1. The topological polar surface area (TPSA) is 48.6 Å². The lowest BCUT2D eigenvalue weighted by atomic mass is 10.00. The van der Waals surface area contributed by atoms with Gasteiger partial charge in [0.05, 0.1) is 0 Å². The Morgan fingerprint density at radius 3 is 2.67 bits per heavy atom. The summed E-state index contributed by atoms with van der Waals surface area (Å²) in [6.07, 6.45) is 0.297. The van der Waals surface area contributed by atoms with Gasteiger partial charge in [-0.3, -0.25) is 9.89 Å². The summed E-state index contributed by atoms with van der Waals surface area (Å²) in [6.45, 7) is 3.97. The van der Waals surface area contributed by atoms with Crippen molar-refractivity contribution in [1.82, 2.24) is 10.2 Å². The first-order valence-electron chi connectivity index (χ1n) is 5.72. The average molecular weight is 313 g/mol. The Labute approximate surface area is 113 Å². The van der Waals surface area contributed by atoms with E-state index in [1.807, 2.05) is 13.8 Å². The molecule has 0 aliphatic heterocycles. The van der Waals surface area contributed by atoms with E-state index in [0.29, 0.717) is 22.0 Å². The van der Waals surface area contributed by atoms with E-state index in [1.165, 1.54) is 6.07 Å². The van der Waals surface area contributed by atoms with Gasteiger partial charge in [0.15, 0.2) is 0 Å². The zero-order valence-electron chi connectivity index (χ0n) is 10.2. The molecule has 0 radical (unpaired) electrons. The van der Waals surface area contributed by atoms with Gasteiger partial charge in [0.1, 0.15) is 5.82 Å². The summed E-state index contributed by atoms with van der Waals surface area (Å²) in [5.41, 5.74) is 1.78. The summed E-state index contributed by atoms with van der Waals surface area (Å²) in [7, 11) is 0. The molecule has 1 heterocycles. The maximum absolute atomic E-state index is 13.8. The van der Waals surface area contributed by atoms with Crippen LogP contribution in [0.1, 0.15) is 36.6 Å². The maximum atomic E-state index is 13.8. The van der Waals surface area contributed by atoms with E-state index in [0.717, 1.165) is 5.69 Å². The second-order valence-electron chi connectivity index (χ2n) is 4.54. The third kappa shape index (κ3) is 2.56. The van der Waals surface area contributed by atoms with E-state index >= 15 is 0 Å². The van der Waals surface area contributed by atoms with E-state index < -0.39 is 0 Å². The fourth-order valence-corrected chi connectivity index (χ4v) is 2.25. The number of halogens is 2. The minimum atomic E-state index is -0.306. The van der Waals surface area contributed by atoms with Crippen LogP contribution in [0.25, 0.3) is 0 Å². The quantitative estimate of drug-likeness (QED) is 0.897. The maximum Gasteiger partial charge on any atom is 0.267 e. The van der Waals surface area contributed by atoms with Gasteiger partial charge >= 0.3 is 0 Å². The van der Waals surface area contributed by atoms with Crippen molar-refractivity contribution in [1.29, 1.82) is 0 Å². The molecule has 0 bridgehead atoms. The molecule has 3 nitrogen and oxygen atoms in total. The van der Waals surface area contributed by atoms with E-state index in [1.54, 1.807) is 12.1 Å². The SMILES string of the molecule is CC(C)c1[nH][nH]c(=O)c1Cc1ccc(Br)cc1F. The predicted molar refractivity (Wildman–Crippen MR) is 72.4 cm³/mol. The van der Waals surface area contributed by atoms with Crippen LogP contribution in [0.15, 0.2) is 27.5 Å². The van der Waals surface area contributed by atoms with Crippen LogP contribution in [0.2, 0.25) is 0 Å². The Balaban J connectivity index is 2.40. The Morgan fingerprint density at radius 1 is 1.33 bits per heavy atom. The number of hydrogen-bond donors (Lipinski definition) is 2. The molecular weight excluding hydrogens is 299 g/mol. The Hall–Kier alpha value is -1.36. The largest absolute Gasteiger partial charge is 0.302 e. The Morgan fingerprint density at radius 2 is 2.06 bits per heavy atom. The van der Waals surface area contributed by atoms with Gasteiger partial charge in [-0.05, 0) is 23.6 Å². The molecular formula is C13H14BrFN2O. The van der Waals surface area contributed by atoms with Crippen molar-refractivity contribution >= 4 is 15.9 Å². The van der Waals surface area contributed by atoms with Gasteiger partial charge in [0.25, 0.3) is 5.56 Å². The molecule has 1 aromatic heterocycles. The number of rotatable bonds is 3. The summed E-state index contributed by atoms with van der Waals surface area (Å²) >= 11 is 3.21. The molecule has 0 saturated carbocycles. The summed E-state index contributed by atoms with van der Waals surface area (Å²) < 4.78 is 14.4. The van der Waals surface area contributed by atoms with Crippen LogP contribution < -0.4 is 5.56 Å². The highest BCUT2D eigenvalue weighted by molar-refractivity contribution is 9.10. The predicted octanol–water partition coefficient (Wildman–Crippen LogP) is 3.32. The van der Waals surface area contributed by atoms with Crippen molar-refractivity contribution in [3.05, 3.63) is 55.7 Å². The fourth-order valence-electron chi connectivity index (χ4n) is 1.92. The van der Waals surface area contributed by atoms with Gasteiger partial charge in [-0.25, -0.2) is 4.39 Å². The highest BCUT2D eigenvalue weighted by atomic mass is 79.9. The standard InChI is InChI=1S/C13H14BrFN2O/c1-7(2)12-10(13(18)17-16-12)5-8-3-4-9(14)6-11(8)15/h3-4,6-7H,5H2,1-2H3,(H2,16,17,18). The van der Waals surface area contributed by atoms with E-state index in [4.69, 9.17) is 0 Å². The monoisotopic (exact) mass is 312 g/mol. The van der Waals surface area contributed by atoms with Gasteiger partial charge in [-0.15, -0.1) is 0 Å². The van der Waals surface area contributed by atoms with Crippen LogP contribution in [0.4, 0.5) is 4.39 Å². The molecule has 0 amide bonds. The van der Waals surface area contributed by atoms with Crippen LogP contribution in [0.3, 0.4) is 0 Å². The third-order valence-corrected chi connectivity index (χ3v) is 3.36. The summed E-state index contributed by atoms with van der Waals surface area (Å²) in [6, 6.07) is 4.87. The first-order valence-corrected chi connectivity index (χ1v) is 6.51. The number of nitrogens with one attached hydrogen (secondary N) is 2. The first-order chi connectivity index (χ1) is 8.49. The molecule has 96 valence electrons. The molecule has 18 heavy (non-hydrogen) atoms. The molecule has 5 heteroatoms. The molecule has 0 saturated heterocycles.